The van der Waals surface area contributed by atoms with E-state index in [1.165, 1.54) is 4.88 Å². The van der Waals surface area contributed by atoms with Gasteiger partial charge in [0, 0.05) is 23.9 Å². The number of hydrogen-bond acceptors (Lipinski definition) is 4. The third-order valence-corrected chi connectivity index (χ3v) is 4.15. The van der Waals surface area contributed by atoms with Gasteiger partial charge in [0.25, 0.3) is 0 Å². The van der Waals surface area contributed by atoms with Crippen molar-refractivity contribution >= 4 is 29.2 Å². The Hall–Kier alpha value is -1.89. The summed E-state index contributed by atoms with van der Waals surface area (Å²) >= 11 is 1.65. The van der Waals surface area contributed by atoms with Gasteiger partial charge in [0.2, 0.25) is 11.8 Å². The second-order valence-corrected chi connectivity index (χ2v) is 5.77. The van der Waals surface area contributed by atoms with Crippen molar-refractivity contribution in [2.75, 3.05) is 6.54 Å². The molecule has 1 aromatic heterocycles. The van der Waals surface area contributed by atoms with Crippen LogP contribution in [0.4, 0.5) is 4.79 Å². The van der Waals surface area contributed by atoms with Gasteiger partial charge in [-0.25, -0.2) is 4.79 Å². The summed E-state index contributed by atoms with van der Waals surface area (Å²) in [4.78, 5) is 35.8. The number of amides is 4. The molecule has 0 spiro atoms. The molecule has 1 aromatic rings. The summed E-state index contributed by atoms with van der Waals surface area (Å²) in [6, 6.07) is 3.15. The second kappa shape index (κ2) is 6.51. The fourth-order valence-electron chi connectivity index (χ4n) is 2.10. The molecule has 2 heterocycles. The van der Waals surface area contributed by atoms with Crippen LogP contribution in [0.15, 0.2) is 17.5 Å². The van der Waals surface area contributed by atoms with Gasteiger partial charge in [0.15, 0.2) is 0 Å². The molecule has 2 rings (SSSR count). The summed E-state index contributed by atoms with van der Waals surface area (Å²) in [5.74, 6) is -1.09. The fourth-order valence-corrected chi connectivity index (χ4v) is 2.81. The van der Waals surface area contributed by atoms with Crippen LogP contribution in [0.5, 0.6) is 0 Å². The molecule has 1 fully saturated rings. The van der Waals surface area contributed by atoms with Crippen LogP contribution in [0, 0.1) is 5.92 Å². The average molecular weight is 295 g/mol. The first-order valence-electron chi connectivity index (χ1n) is 6.46. The lowest BCUT2D eigenvalue weighted by molar-refractivity contribution is -0.131. The maximum atomic E-state index is 11.8. The third-order valence-electron chi connectivity index (χ3n) is 3.21. The molecule has 108 valence electrons. The van der Waals surface area contributed by atoms with Gasteiger partial charge >= 0.3 is 6.03 Å². The highest BCUT2D eigenvalue weighted by Gasteiger charge is 2.33. The van der Waals surface area contributed by atoms with E-state index in [0.29, 0.717) is 6.54 Å². The molecule has 3 N–H and O–H groups in total. The fraction of sp³-hybridized carbons (Fsp3) is 0.462. The van der Waals surface area contributed by atoms with E-state index >= 15 is 0 Å². The molecule has 20 heavy (non-hydrogen) atoms. The van der Waals surface area contributed by atoms with Crippen molar-refractivity contribution in [2.24, 2.45) is 5.92 Å². The van der Waals surface area contributed by atoms with Crippen molar-refractivity contribution in [1.29, 1.82) is 0 Å². The highest BCUT2D eigenvalue weighted by atomic mass is 32.1. The topological polar surface area (TPSA) is 87.3 Å². The molecular weight excluding hydrogens is 278 g/mol. The van der Waals surface area contributed by atoms with Gasteiger partial charge in [-0.15, -0.1) is 11.3 Å². The van der Waals surface area contributed by atoms with Crippen molar-refractivity contribution in [3.05, 3.63) is 22.4 Å². The summed E-state index contributed by atoms with van der Waals surface area (Å²) in [5.41, 5.74) is 0. The van der Waals surface area contributed by atoms with Gasteiger partial charge in [-0.1, -0.05) is 6.07 Å². The zero-order valence-corrected chi connectivity index (χ0v) is 12.0. The average Bonchev–Trinajstić information content (AvgIpc) is 2.87. The van der Waals surface area contributed by atoms with E-state index in [0.717, 1.165) is 6.42 Å². The smallest absolute Gasteiger partial charge is 0.321 e. The molecule has 2 atom stereocenters. The highest BCUT2D eigenvalue weighted by Crippen LogP contribution is 2.13. The standard InChI is InChI=1S/C13H17N3O3S/c1-8-10(12(18)16-13(19)15-8)7-11(17)14-5-4-9-3-2-6-20-9/h2-3,6,8,10H,4-5,7H2,1H3,(H,14,17)(H2,15,16,18,19). The molecule has 6 nitrogen and oxygen atoms in total. The minimum Gasteiger partial charge on any atom is -0.356 e. The molecule has 0 radical (unpaired) electrons. The van der Waals surface area contributed by atoms with E-state index in [9.17, 15) is 14.4 Å². The molecule has 2 unspecified atom stereocenters. The van der Waals surface area contributed by atoms with E-state index in [1.54, 1.807) is 18.3 Å². The number of carbonyl (C=O) groups is 3. The Morgan fingerprint density at radius 1 is 1.45 bits per heavy atom. The molecule has 0 bridgehead atoms. The zero-order chi connectivity index (χ0) is 14.5. The van der Waals surface area contributed by atoms with Crippen LogP contribution in [-0.2, 0) is 16.0 Å². The van der Waals surface area contributed by atoms with E-state index in [2.05, 4.69) is 16.0 Å². The van der Waals surface area contributed by atoms with Crippen molar-refractivity contribution in [1.82, 2.24) is 16.0 Å². The van der Waals surface area contributed by atoms with Crippen molar-refractivity contribution in [3.63, 3.8) is 0 Å². The van der Waals surface area contributed by atoms with Crippen LogP contribution in [0.25, 0.3) is 0 Å². The van der Waals surface area contributed by atoms with Crippen LogP contribution < -0.4 is 16.0 Å². The summed E-state index contributed by atoms with van der Waals surface area (Å²) in [6.45, 7) is 2.27. The van der Waals surface area contributed by atoms with E-state index < -0.39 is 17.9 Å². The summed E-state index contributed by atoms with van der Waals surface area (Å²) < 4.78 is 0. The monoisotopic (exact) mass is 295 g/mol. The SMILES string of the molecule is CC1NC(=O)NC(=O)C1CC(=O)NCCc1cccs1. The van der Waals surface area contributed by atoms with Crippen LogP contribution >= 0.6 is 11.3 Å². The van der Waals surface area contributed by atoms with Gasteiger partial charge in [0.1, 0.15) is 0 Å². The maximum absolute atomic E-state index is 11.8. The van der Waals surface area contributed by atoms with E-state index in [4.69, 9.17) is 0 Å². The number of nitrogens with one attached hydrogen (secondary N) is 3. The highest BCUT2D eigenvalue weighted by molar-refractivity contribution is 7.09. The molecule has 0 aliphatic carbocycles. The molecule has 0 aromatic carbocycles. The molecule has 4 amide bonds. The normalized spacial score (nSPS) is 22.1. The predicted molar refractivity (Wildman–Crippen MR) is 75.3 cm³/mol. The summed E-state index contributed by atoms with van der Waals surface area (Å²) in [7, 11) is 0. The van der Waals surface area contributed by atoms with Gasteiger partial charge in [0.05, 0.1) is 5.92 Å². The summed E-state index contributed by atoms with van der Waals surface area (Å²) in [6.07, 6.45) is 0.865. The second-order valence-electron chi connectivity index (χ2n) is 4.74. The van der Waals surface area contributed by atoms with Crippen LogP contribution in [0.1, 0.15) is 18.2 Å². The van der Waals surface area contributed by atoms with Crippen LogP contribution in [0.2, 0.25) is 0 Å². The minimum atomic E-state index is -0.519. The third kappa shape index (κ3) is 3.80. The molecule has 1 aliphatic rings. The maximum Gasteiger partial charge on any atom is 0.321 e. The largest absolute Gasteiger partial charge is 0.356 e. The molecular formula is C13H17N3O3S. The molecule has 1 saturated heterocycles. The number of hydrogen-bond donors (Lipinski definition) is 3. The lowest BCUT2D eigenvalue weighted by Crippen LogP contribution is -2.57. The Kier molecular flexibility index (Phi) is 4.73. The summed E-state index contributed by atoms with van der Waals surface area (Å²) in [5, 5.41) is 9.56. The molecule has 1 aliphatic heterocycles. The van der Waals surface area contributed by atoms with E-state index in [-0.39, 0.29) is 18.4 Å². The number of imide groups is 1. The lowest BCUT2D eigenvalue weighted by atomic mass is 9.94. The number of thiophene rings is 1. The van der Waals surface area contributed by atoms with Gasteiger partial charge in [-0.05, 0) is 24.8 Å². The first-order valence-corrected chi connectivity index (χ1v) is 7.34. The lowest BCUT2D eigenvalue weighted by Gasteiger charge is -2.28. The van der Waals surface area contributed by atoms with Gasteiger partial charge in [-0.3, -0.25) is 14.9 Å². The number of rotatable bonds is 5. The van der Waals surface area contributed by atoms with Crippen molar-refractivity contribution < 1.29 is 14.4 Å². The number of urea groups is 1. The predicted octanol–water partition coefficient (Wildman–Crippen LogP) is 0.641. The Morgan fingerprint density at radius 3 is 2.90 bits per heavy atom. The first kappa shape index (κ1) is 14.5. The van der Waals surface area contributed by atoms with Crippen molar-refractivity contribution in [2.45, 2.75) is 25.8 Å². The number of carbonyl (C=O) groups excluding carboxylic acids is 3. The Bertz CT molecular complexity index is 501. The van der Waals surface area contributed by atoms with Gasteiger partial charge in [-0.2, -0.15) is 0 Å². The van der Waals surface area contributed by atoms with Crippen LogP contribution in [0.3, 0.4) is 0 Å². The van der Waals surface area contributed by atoms with Gasteiger partial charge < -0.3 is 10.6 Å². The van der Waals surface area contributed by atoms with E-state index in [1.807, 2.05) is 17.5 Å². The molecule has 7 heteroatoms. The molecule has 0 saturated carbocycles. The minimum absolute atomic E-state index is 0.0811. The Labute approximate surface area is 120 Å². The first-order chi connectivity index (χ1) is 9.56. The van der Waals surface area contributed by atoms with Crippen LogP contribution in [-0.4, -0.2) is 30.4 Å². The van der Waals surface area contributed by atoms with Crippen molar-refractivity contribution in [3.8, 4) is 0 Å². The Balaban J connectivity index is 1.76. The quantitative estimate of drug-likeness (QED) is 0.745. The Morgan fingerprint density at radius 2 is 2.25 bits per heavy atom. The zero-order valence-electron chi connectivity index (χ0n) is 11.1.